The highest BCUT2D eigenvalue weighted by Gasteiger charge is 2.40. The van der Waals surface area contributed by atoms with E-state index in [4.69, 9.17) is 9.72 Å². The minimum Gasteiger partial charge on any atom is -0.379 e. The van der Waals surface area contributed by atoms with Crippen LogP contribution in [0, 0.1) is 5.82 Å². The van der Waals surface area contributed by atoms with Gasteiger partial charge in [0, 0.05) is 50.2 Å². The lowest BCUT2D eigenvalue weighted by molar-refractivity contribution is -0.0547. The fraction of sp³-hybridized carbons (Fsp3) is 0.370. The SMILES string of the molecule is CC(C)c1cc(-n2c(C3(C)COC3)nc3cc(-c4cnn(C)c4)c(F)cc32)cc2c1n(C)c(=O)n2C. The number of ether oxygens (including phenoxy) is 1. The molecule has 1 saturated heterocycles. The van der Waals surface area contributed by atoms with Crippen LogP contribution in [0.1, 0.15) is 38.1 Å². The molecular formula is C27H29FN6O2. The Bertz CT molecular complexity index is 1730. The zero-order valence-corrected chi connectivity index (χ0v) is 21.3. The highest BCUT2D eigenvalue weighted by molar-refractivity contribution is 5.87. The lowest BCUT2D eigenvalue weighted by Gasteiger charge is -2.37. The third-order valence-electron chi connectivity index (χ3n) is 7.40. The summed E-state index contributed by atoms with van der Waals surface area (Å²) in [5, 5.41) is 4.20. The number of halogens is 1. The van der Waals surface area contributed by atoms with E-state index in [2.05, 4.69) is 31.9 Å². The van der Waals surface area contributed by atoms with Crippen molar-refractivity contribution in [3.05, 3.63) is 64.3 Å². The van der Waals surface area contributed by atoms with Gasteiger partial charge in [-0.1, -0.05) is 13.8 Å². The molecule has 0 atom stereocenters. The van der Waals surface area contributed by atoms with Gasteiger partial charge < -0.3 is 4.74 Å². The quantitative estimate of drug-likeness (QED) is 0.381. The highest BCUT2D eigenvalue weighted by Crippen LogP contribution is 2.38. The van der Waals surface area contributed by atoms with Gasteiger partial charge in [0.25, 0.3) is 0 Å². The minimum absolute atomic E-state index is 0.0775. The zero-order valence-electron chi connectivity index (χ0n) is 21.3. The van der Waals surface area contributed by atoms with Crippen molar-refractivity contribution in [2.45, 2.75) is 32.1 Å². The van der Waals surface area contributed by atoms with Crippen LogP contribution in [-0.2, 0) is 31.3 Å². The third-order valence-corrected chi connectivity index (χ3v) is 7.40. The molecule has 0 aliphatic carbocycles. The van der Waals surface area contributed by atoms with E-state index in [9.17, 15) is 4.79 Å². The summed E-state index contributed by atoms with van der Waals surface area (Å²) in [4.78, 5) is 17.8. The number of aromatic nitrogens is 6. The molecule has 4 heterocycles. The number of imidazole rings is 2. The lowest BCUT2D eigenvalue weighted by atomic mass is 9.87. The van der Waals surface area contributed by atoms with E-state index in [0.717, 1.165) is 28.1 Å². The molecule has 36 heavy (non-hydrogen) atoms. The van der Waals surface area contributed by atoms with Crippen LogP contribution >= 0.6 is 0 Å². The standard InChI is InChI=1S/C27H29FN6O2/c1-15(2)18-7-17(8-23-24(18)33(6)26(35)32(23)5)34-22-10-20(28)19(16-11-29-31(4)12-16)9-21(22)30-25(34)27(3)13-36-14-27/h7-12,15H,13-14H2,1-6H3. The largest absolute Gasteiger partial charge is 0.379 e. The maximum absolute atomic E-state index is 15.5. The van der Waals surface area contributed by atoms with Crippen LogP contribution in [-0.4, -0.2) is 41.7 Å². The number of hydrogen-bond acceptors (Lipinski definition) is 4. The molecule has 0 spiro atoms. The van der Waals surface area contributed by atoms with E-state index in [0.29, 0.717) is 35.4 Å². The first-order chi connectivity index (χ1) is 17.1. The second-order valence-electron chi connectivity index (χ2n) is 10.5. The van der Waals surface area contributed by atoms with Crippen LogP contribution in [0.5, 0.6) is 0 Å². The number of nitrogens with zero attached hydrogens (tertiary/aromatic N) is 6. The molecule has 0 N–H and O–H groups in total. The molecule has 1 fully saturated rings. The molecule has 1 aliphatic heterocycles. The second kappa shape index (κ2) is 7.64. The number of hydrogen-bond donors (Lipinski definition) is 0. The summed E-state index contributed by atoms with van der Waals surface area (Å²) in [6, 6.07) is 7.46. The maximum Gasteiger partial charge on any atom is 0.328 e. The molecule has 0 unspecified atom stereocenters. The van der Waals surface area contributed by atoms with Crippen molar-refractivity contribution in [2.24, 2.45) is 21.1 Å². The molecule has 0 amide bonds. The van der Waals surface area contributed by atoms with Crippen LogP contribution in [0.15, 0.2) is 41.5 Å². The van der Waals surface area contributed by atoms with Crippen LogP contribution in [0.2, 0.25) is 0 Å². The smallest absolute Gasteiger partial charge is 0.328 e. The molecule has 3 aromatic heterocycles. The topological polar surface area (TPSA) is 71.8 Å². The van der Waals surface area contributed by atoms with Gasteiger partial charge in [0.1, 0.15) is 11.6 Å². The lowest BCUT2D eigenvalue weighted by Crippen LogP contribution is -2.45. The first-order valence-electron chi connectivity index (χ1n) is 12.1. The van der Waals surface area contributed by atoms with Gasteiger partial charge in [0.2, 0.25) is 0 Å². The number of fused-ring (bicyclic) bond motifs is 2. The Morgan fingerprint density at radius 3 is 2.42 bits per heavy atom. The van der Waals surface area contributed by atoms with E-state index < -0.39 is 0 Å². The zero-order chi connectivity index (χ0) is 25.5. The molecule has 0 saturated carbocycles. The molecule has 9 heteroatoms. The second-order valence-corrected chi connectivity index (χ2v) is 10.5. The Balaban J connectivity index is 1.69. The Labute approximate surface area is 207 Å². The highest BCUT2D eigenvalue weighted by atomic mass is 19.1. The van der Waals surface area contributed by atoms with Crippen molar-refractivity contribution < 1.29 is 9.13 Å². The summed E-state index contributed by atoms with van der Waals surface area (Å²) < 4.78 is 28.2. The van der Waals surface area contributed by atoms with Gasteiger partial charge in [0.15, 0.2) is 0 Å². The van der Waals surface area contributed by atoms with Crippen molar-refractivity contribution in [2.75, 3.05) is 13.2 Å². The average Bonchev–Trinajstić information content (AvgIpc) is 3.48. The van der Waals surface area contributed by atoms with Crippen molar-refractivity contribution in [3.8, 4) is 16.8 Å². The van der Waals surface area contributed by atoms with Crippen molar-refractivity contribution in [1.82, 2.24) is 28.5 Å². The van der Waals surface area contributed by atoms with E-state index in [-0.39, 0.29) is 22.8 Å². The third kappa shape index (κ3) is 3.12. The molecule has 2 aromatic carbocycles. The Morgan fingerprint density at radius 2 is 1.81 bits per heavy atom. The van der Waals surface area contributed by atoms with Gasteiger partial charge in [-0.2, -0.15) is 5.10 Å². The molecule has 8 nitrogen and oxygen atoms in total. The molecule has 0 radical (unpaired) electrons. The Kier molecular flexibility index (Phi) is 4.82. The fourth-order valence-corrected chi connectivity index (χ4v) is 5.32. The van der Waals surface area contributed by atoms with E-state index in [1.807, 2.05) is 17.7 Å². The predicted octanol–water partition coefficient (Wildman–Crippen LogP) is 4.17. The minimum atomic E-state index is -0.338. The van der Waals surface area contributed by atoms with Gasteiger partial charge in [-0.25, -0.2) is 14.2 Å². The summed E-state index contributed by atoms with van der Waals surface area (Å²) in [7, 11) is 5.40. The first-order valence-corrected chi connectivity index (χ1v) is 12.1. The summed E-state index contributed by atoms with van der Waals surface area (Å²) in [5.41, 5.74) is 5.81. The van der Waals surface area contributed by atoms with Gasteiger partial charge >= 0.3 is 5.69 Å². The van der Waals surface area contributed by atoms with E-state index >= 15 is 4.39 Å². The first kappa shape index (κ1) is 22.7. The molecule has 1 aliphatic rings. The Morgan fingerprint density at radius 1 is 1.06 bits per heavy atom. The van der Waals surface area contributed by atoms with Gasteiger partial charge in [-0.3, -0.25) is 18.4 Å². The fourth-order valence-electron chi connectivity index (χ4n) is 5.32. The maximum atomic E-state index is 15.5. The number of aryl methyl sites for hydroxylation is 3. The monoisotopic (exact) mass is 488 g/mol. The summed E-state index contributed by atoms with van der Waals surface area (Å²) >= 11 is 0. The van der Waals surface area contributed by atoms with Gasteiger partial charge in [0.05, 0.1) is 46.9 Å². The molecule has 6 rings (SSSR count). The Hall–Kier alpha value is -3.72. The summed E-state index contributed by atoms with van der Waals surface area (Å²) in [5.74, 6) is 0.659. The summed E-state index contributed by atoms with van der Waals surface area (Å²) in [6.45, 7) is 7.43. The van der Waals surface area contributed by atoms with E-state index in [1.165, 1.54) is 0 Å². The van der Waals surface area contributed by atoms with Crippen LogP contribution in [0.4, 0.5) is 4.39 Å². The average molecular weight is 489 g/mol. The van der Waals surface area contributed by atoms with Crippen molar-refractivity contribution in [3.63, 3.8) is 0 Å². The van der Waals surface area contributed by atoms with Gasteiger partial charge in [-0.05, 0) is 36.6 Å². The summed E-state index contributed by atoms with van der Waals surface area (Å²) in [6.07, 6.45) is 3.45. The van der Waals surface area contributed by atoms with Crippen molar-refractivity contribution in [1.29, 1.82) is 0 Å². The molecule has 0 bridgehead atoms. The van der Waals surface area contributed by atoms with Crippen molar-refractivity contribution >= 4 is 22.1 Å². The molecule has 5 aromatic rings. The predicted molar refractivity (Wildman–Crippen MR) is 137 cm³/mol. The number of benzene rings is 2. The van der Waals surface area contributed by atoms with Crippen LogP contribution < -0.4 is 5.69 Å². The van der Waals surface area contributed by atoms with E-state index in [1.54, 1.807) is 52.4 Å². The normalized spacial score (nSPS) is 15.3. The molecular weight excluding hydrogens is 459 g/mol. The number of rotatable bonds is 4. The van der Waals surface area contributed by atoms with Crippen LogP contribution in [0.3, 0.4) is 0 Å². The van der Waals surface area contributed by atoms with Gasteiger partial charge in [-0.15, -0.1) is 0 Å². The molecule has 186 valence electrons. The van der Waals surface area contributed by atoms with Crippen LogP contribution in [0.25, 0.3) is 38.9 Å².